The van der Waals surface area contributed by atoms with Crippen molar-refractivity contribution in [1.29, 1.82) is 0 Å². The molecule has 11 heavy (non-hydrogen) atoms. The number of alkyl halides is 2. The molecule has 0 bridgehead atoms. The minimum atomic E-state index is -2.88. The average molecular weight is 168 g/mol. The van der Waals surface area contributed by atoms with E-state index in [2.05, 4.69) is 4.74 Å². The fourth-order valence-electron chi connectivity index (χ4n) is 0.411. The zero-order chi connectivity index (χ0) is 8.91. The number of carbonyl (C=O) groups is 1. The lowest BCUT2D eigenvalue weighted by Crippen LogP contribution is -2.19. The van der Waals surface area contributed by atoms with Crippen molar-refractivity contribution in [1.82, 2.24) is 0 Å². The van der Waals surface area contributed by atoms with Gasteiger partial charge < -0.3 is 9.84 Å². The Morgan fingerprint density at radius 1 is 1.64 bits per heavy atom. The van der Waals surface area contributed by atoms with Gasteiger partial charge in [0.1, 0.15) is 6.61 Å². The number of halogens is 2. The fourth-order valence-corrected chi connectivity index (χ4v) is 0.411. The molecule has 0 atom stereocenters. The maximum atomic E-state index is 12.0. The van der Waals surface area contributed by atoms with E-state index in [1.54, 1.807) is 0 Å². The second-order valence-corrected chi connectivity index (χ2v) is 2.27. The van der Waals surface area contributed by atoms with Gasteiger partial charge >= 0.3 is 5.97 Å². The number of hydrogen-bond donors (Lipinski definition) is 1. The molecule has 0 heterocycles. The highest BCUT2D eigenvalue weighted by Crippen LogP contribution is 2.10. The van der Waals surface area contributed by atoms with Gasteiger partial charge in [-0.05, 0) is 0 Å². The molecular formula is C6H10F2O3. The van der Waals surface area contributed by atoms with E-state index >= 15 is 0 Å². The van der Waals surface area contributed by atoms with Gasteiger partial charge in [-0.25, -0.2) is 8.78 Å². The minimum absolute atomic E-state index is 0.168. The molecule has 0 aliphatic carbocycles. The van der Waals surface area contributed by atoms with Crippen molar-refractivity contribution in [2.24, 2.45) is 0 Å². The minimum Gasteiger partial charge on any atom is -0.481 e. The van der Waals surface area contributed by atoms with Crippen LogP contribution in [0.3, 0.4) is 0 Å². The first-order valence-electron chi connectivity index (χ1n) is 3.09. The monoisotopic (exact) mass is 168 g/mol. The third kappa shape index (κ3) is 9.29. The molecule has 0 aliphatic heterocycles. The van der Waals surface area contributed by atoms with Gasteiger partial charge in [-0.3, -0.25) is 4.79 Å². The normalized spacial score (nSPS) is 11.5. The molecule has 0 unspecified atom stereocenters. The smallest absolute Gasteiger partial charge is 0.305 e. The van der Waals surface area contributed by atoms with E-state index in [1.165, 1.54) is 0 Å². The van der Waals surface area contributed by atoms with Crippen LogP contribution in [-0.2, 0) is 9.53 Å². The first kappa shape index (κ1) is 10.3. The lowest BCUT2D eigenvalue weighted by atomic mass is 10.4. The van der Waals surface area contributed by atoms with Gasteiger partial charge in [0.2, 0.25) is 0 Å². The van der Waals surface area contributed by atoms with Crippen molar-refractivity contribution in [2.75, 3.05) is 13.2 Å². The summed E-state index contributed by atoms with van der Waals surface area (Å²) < 4.78 is 28.3. The van der Waals surface area contributed by atoms with Gasteiger partial charge in [0.25, 0.3) is 5.92 Å². The predicted molar refractivity (Wildman–Crippen MR) is 33.7 cm³/mol. The lowest BCUT2D eigenvalue weighted by Gasteiger charge is -2.09. The SMILES string of the molecule is CC(F)(F)COCCC(=O)O. The van der Waals surface area contributed by atoms with Gasteiger partial charge in [-0.2, -0.15) is 0 Å². The molecule has 0 spiro atoms. The van der Waals surface area contributed by atoms with Crippen LogP contribution in [-0.4, -0.2) is 30.2 Å². The van der Waals surface area contributed by atoms with E-state index in [4.69, 9.17) is 5.11 Å². The highest BCUT2D eigenvalue weighted by molar-refractivity contribution is 5.66. The first-order chi connectivity index (χ1) is 4.92. The summed E-state index contributed by atoms with van der Waals surface area (Å²) in [5.41, 5.74) is 0. The molecule has 0 saturated heterocycles. The number of hydrogen-bond acceptors (Lipinski definition) is 2. The zero-order valence-electron chi connectivity index (χ0n) is 6.14. The van der Waals surface area contributed by atoms with E-state index in [1.807, 2.05) is 0 Å². The van der Waals surface area contributed by atoms with Crippen LogP contribution in [0.25, 0.3) is 0 Å². The summed E-state index contributed by atoms with van der Waals surface area (Å²) in [5, 5.41) is 8.08. The Kier molecular flexibility index (Phi) is 3.95. The third-order valence-corrected chi connectivity index (χ3v) is 0.816. The molecule has 0 aromatic heterocycles. The summed E-state index contributed by atoms with van der Waals surface area (Å²) in [5.74, 6) is -3.93. The molecular weight excluding hydrogens is 158 g/mol. The fraction of sp³-hybridized carbons (Fsp3) is 0.833. The van der Waals surface area contributed by atoms with Gasteiger partial charge in [0, 0.05) is 6.92 Å². The Balaban J connectivity index is 3.22. The summed E-state index contributed by atoms with van der Waals surface area (Å²) in [7, 11) is 0. The van der Waals surface area contributed by atoms with E-state index in [0.29, 0.717) is 6.92 Å². The van der Waals surface area contributed by atoms with Crippen LogP contribution < -0.4 is 0 Å². The van der Waals surface area contributed by atoms with E-state index < -0.39 is 18.5 Å². The van der Waals surface area contributed by atoms with Crippen LogP contribution >= 0.6 is 0 Å². The molecule has 1 N–H and O–H groups in total. The molecule has 0 radical (unpaired) electrons. The molecule has 0 amide bonds. The summed E-state index contributed by atoms with van der Waals surface area (Å²) in [6, 6.07) is 0. The number of carboxylic acids is 1. The maximum Gasteiger partial charge on any atom is 0.305 e. The van der Waals surface area contributed by atoms with Crippen LogP contribution in [0.4, 0.5) is 8.78 Å². The average Bonchev–Trinajstić information content (AvgIpc) is 1.78. The van der Waals surface area contributed by atoms with Gasteiger partial charge in [0.15, 0.2) is 0 Å². The van der Waals surface area contributed by atoms with E-state index in [9.17, 15) is 13.6 Å². The summed E-state index contributed by atoms with van der Waals surface area (Å²) in [4.78, 5) is 9.86. The quantitative estimate of drug-likeness (QED) is 0.626. The number of rotatable bonds is 5. The Morgan fingerprint density at radius 3 is 2.55 bits per heavy atom. The Bertz CT molecular complexity index is 130. The molecule has 0 aromatic carbocycles. The number of ether oxygens (including phenoxy) is 1. The largest absolute Gasteiger partial charge is 0.481 e. The van der Waals surface area contributed by atoms with Crippen molar-refractivity contribution in [3.05, 3.63) is 0 Å². The van der Waals surface area contributed by atoms with Crippen molar-refractivity contribution in [2.45, 2.75) is 19.3 Å². The lowest BCUT2D eigenvalue weighted by molar-refractivity contribution is -0.139. The van der Waals surface area contributed by atoms with Gasteiger partial charge in [0.05, 0.1) is 13.0 Å². The Labute approximate surface area is 63.0 Å². The Hall–Kier alpha value is -0.710. The van der Waals surface area contributed by atoms with Crippen molar-refractivity contribution < 1.29 is 23.4 Å². The van der Waals surface area contributed by atoms with Crippen LogP contribution in [0.5, 0.6) is 0 Å². The summed E-state index contributed by atoms with van der Waals surface area (Å²) in [6.45, 7) is -0.174. The third-order valence-electron chi connectivity index (χ3n) is 0.816. The summed E-state index contributed by atoms with van der Waals surface area (Å²) >= 11 is 0. The van der Waals surface area contributed by atoms with Crippen LogP contribution in [0.2, 0.25) is 0 Å². The van der Waals surface area contributed by atoms with Gasteiger partial charge in [-0.1, -0.05) is 0 Å². The van der Waals surface area contributed by atoms with Crippen molar-refractivity contribution >= 4 is 5.97 Å². The van der Waals surface area contributed by atoms with Crippen LogP contribution in [0.15, 0.2) is 0 Å². The molecule has 0 aliphatic rings. The van der Waals surface area contributed by atoms with E-state index in [-0.39, 0.29) is 13.0 Å². The van der Waals surface area contributed by atoms with Gasteiger partial charge in [-0.15, -0.1) is 0 Å². The number of carboxylic acid groups (broad SMARTS) is 1. The molecule has 3 nitrogen and oxygen atoms in total. The highest BCUT2D eigenvalue weighted by Gasteiger charge is 2.20. The molecule has 0 fully saturated rings. The summed E-state index contributed by atoms with van der Waals surface area (Å²) in [6.07, 6.45) is -0.240. The Morgan fingerprint density at radius 2 is 2.18 bits per heavy atom. The molecule has 0 aromatic rings. The van der Waals surface area contributed by atoms with E-state index in [0.717, 1.165) is 0 Å². The second-order valence-electron chi connectivity index (χ2n) is 2.27. The topological polar surface area (TPSA) is 46.5 Å². The van der Waals surface area contributed by atoms with Crippen molar-refractivity contribution in [3.8, 4) is 0 Å². The molecule has 0 rings (SSSR count). The van der Waals surface area contributed by atoms with Crippen LogP contribution in [0.1, 0.15) is 13.3 Å². The standard InChI is InChI=1S/C6H10F2O3/c1-6(7,8)4-11-3-2-5(9)10/h2-4H2,1H3,(H,9,10). The molecule has 0 saturated carbocycles. The molecule has 66 valence electrons. The first-order valence-corrected chi connectivity index (χ1v) is 3.09. The zero-order valence-corrected chi connectivity index (χ0v) is 6.14. The number of aliphatic carboxylic acids is 1. The second kappa shape index (κ2) is 4.23. The maximum absolute atomic E-state index is 12.0. The van der Waals surface area contributed by atoms with Crippen molar-refractivity contribution in [3.63, 3.8) is 0 Å². The highest BCUT2D eigenvalue weighted by atomic mass is 19.3. The predicted octanol–water partition coefficient (Wildman–Crippen LogP) is 1.13. The molecule has 5 heteroatoms. The van der Waals surface area contributed by atoms with Crippen LogP contribution in [0, 0.1) is 0 Å².